The summed E-state index contributed by atoms with van der Waals surface area (Å²) in [5.41, 5.74) is 0. The summed E-state index contributed by atoms with van der Waals surface area (Å²) < 4.78 is 9.53. The minimum Gasteiger partial charge on any atom is -0.468 e. The number of esters is 2. The van der Waals surface area contributed by atoms with Crippen LogP contribution in [0.2, 0.25) is 0 Å². The van der Waals surface area contributed by atoms with Gasteiger partial charge in [0.1, 0.15) is 0 Å². The highest BCUT2D eigenvalue weighted by molar-refractivity contribution is 5.72. The van der Waals surface area contributed by atoms with Crippen LogP contribution in [-0.4, -0.2) is 49.2 Å². The second-order valence-corrected chi connectivity index (χ2v) is 4.20. The van der Waals surface area contributed by atoms with Gasteiger partial charge in [-0.05, 0) is 27.7 Å². The van der Waals surface area contributed by atoms with Gasteiger partial charge in [0.25, 0.3) is 0 Å². The van der Waals surface area contributed by atoms with Crippen LogP contribution in [0.4, 0.5) is 0 Å². The minimum atomic E-state index is -0.297. The van der Waals surface area contributed by atoms with Gasteiger partial charge in [0.2, 0.25) is 0 Å². The lowest BCUT2D eigenvalue weighted by molar-refractivity contribution is -0.147. The smallest absolute Gasteiger partial charge is 0.319 e. The monoisotopic (exact) mass is 245 g/mol. The van der Waals surface area contributed by atoms with Crippen molar-refractivity contribution in [2.75, 3.05) is 20.3 Å². The van der Waals surface area contributed by atoms with Crippen LogP contribution in [0.5, 0.6) is 0 Å². The van der Waals surface area contributed by atoms with Gasteiger partial charge in [-0.1, -0.05) is 0 Å². The lowest BCUT2D eigenvalue weighted by Gasteiger charge is -2.30. The lowest BCUT2D eigenvalue weighted by Crippen LogP contribution is -2.43. The molecule has 0 aliphatic rings. The van der Waals surface area contributed by atoms with Crippen molar-refractivity contribution in [2.24, 2.45) is 0 Å². The standard InChI is InChI=1S/C12H23NO4/c1-6-17-11(14)7-10(4)13(9(2)3)8-12(15)16-5/h9-10H,6-8H2,1-5H3. The molecule has 0 heterocycles. The average molecular weight is 245 g/mol. The summed E-state index contributed by atoms with van der Waals surface area (Å²) in [6.45, 7) is 8.20. The highest BCUT2D eigenvalue weighted by Gasteiger charge is 2.22. The topological polar surface area (TPSA) is 55.8 Å². The Hall–Kier alpha value is -1.10. The third kappa shape index (κ3) is 6.26. The highest BCUT2D eigenvalue weighted by Crippen LogP contribution is 2.09. The first-order valence-corrected chi connectivity index (χ1v) is 5.90. The number of hydrogen-bond acceptors (Lipinski definition) is 5. The highest BCUT2D eigenvalue weighted by atomic mass is 16.5. The number of methoxy groups -OCH3 is 1. The number of rotatable bonds is 7. The van der Waals surface area contributed by atoms with Crippen molar-refractivity contribution in [3.63, 3.8) is 0 Å². The number of hydrogen-bond donors (Lipinski definition) is 0. The van der Waals surface area contributed by atoms with Crippen molar-refractivity contribution < 1.29 is 19.1 Å². The molecule has 0 N–H and O–H groups in total. The lowest BCUT2D eigenvalue weighted by atomic mass is 10.1. The van der Waals surface area contributed by atoms with Crippen LogP contribution >= 0.6 is 0 Å². The van der Waals surface area contributed by atoms with Gasteiger partial charge in [0, 0.05) is 12.1 Å². The Morgan fingerprint density at radius 1 is 1.18 bits per heavy atom. The van der Waals surface area contributed by atoms with E-state index in [1.807, 2.05) is 25.7 Å². The van der Waals surface area contributed by atoms with Crippen molar-refractivity contribution in [3.05, 3.63) is 0 Å². The molecular formula is C12H23NO4. The van der Waals surface area contributed by atoms with Gasteiger partial charge in [-0.2, -0.15) is 0 Å². The second-order valence-electron chi connectivity index (χ2n) is 4.20. The summed E-state index contributed by atoms with van der Waals surface area (Å²) in [7, 11) is 1.36. The normalized spacial score (nSPS) is 12.6. The summed E-state index contributed by atoms with van der Waals surface area (Å²) in [4.78, 5) is 24.6. The Morgan fingerprint density at radius 3 is 2.18 bits per heavy atom. The van der Waals surface area contributed by atoms with Gasteiger partial charge in [-0.3, -0.25) is 14.5 Å². The van der Waals surface area contributed by atoms with Gasteiger partial charge in [-0.15, -0.1) is 0 Å². The van der Waals surface area contributed by atoms with Gasteiger partial charge >= 0.3 is 11.9 Å². The predicted octanol–water partition coefficient (Wildman–Crippen LogP) is 1.21. The molecule has 5 heteroatoms. The maximum atomic E-state index is 11.4. The van der Waals surface area contributed by atoms with Gasteiger partial charge in [0.15, 0.2) is 0 Å². The Bertz CT molecular complexity index is 253. The molecule has 0 rings (SSSR count). The summed E-state index contributed by atoms with van der Waals surface area (Å²) in [6, 6.07) is 0.117. The quantitative estimate of drug-likeness (QED) is 0.631. The fourth-order valence-corrected chi connectivity index (χ4v) is 1.64. The van der Waals surface area contributed by atoms with E-state index in [4.69, 9.17) is 4.74 Å². The summed E-state index contributed by atoms with van der Waals surface area (Å²) in [5.74, 6) is -0.537. The largest absolute Gasteiger partial charge is 0.468 e. The van der Waals surface area contributed by atoms with Crippen LogP contribution in [0.3, 0.4) is 0 Å². The maximum absolute atomic E-state index is 11.4. The van der Waals surface area contributed by atoms with E-state index in [0.717, 1.165) is 0 Å². The van der Waals surface area contributed by atoms with Crippen molar-refractivity contribution >= 4 is 11.9 Å². The van der Waals surface area contributed by atoms with E-state index >= 15 is 0 Å². The molecule has 5 nitrogen and oxygen atoms in total. The molecule has 0 radical (unpaired) electrons. The first-order chi connectivity index (χ1) is 7.92. The van der Waals surface area contributed by atoms with E-state index in [2.05, 4.69) is 4.74 Å². The van der Waals surface area contributed by atoms with Gasteiger partial charge in [-0.25, -0.2) is 0 Å². The van der Waals surface area contributed by atoms with E-state index in [9.17, 15) is 9.59 Å². The molecule has 0 aliphatic heterocycles. The Kier molecular flexibility index (Phi) is 7.54. The van der Waals surface area contributed by atoms with Gasteiger partial charge < -0.3 is 9.47 Å². The maximum Gasteiger partial charge on any atom is 0.319 e. The van der Waals surface area contributed by atoms with Gasteiger partial charge in [0.05, 0.1) is 26.7 Å². The van der Waals surface area contributed by atoms with E-state index in [1.165, 1.54) is 7.11 Å². The summed E-state index contributed by atoms with van der Waals surface area (Å²) >= 11 is 0. The van der Waals surface area contributed by atoms with E-state index in [1.54, 1.807) is 6.92 Å². The number of carbonyl (C=O) groups excluding carboxylic acids is 2. The van der Waals surface area contributed by atoms with Crippen LogP contribution in [-0.2, 0) is 19.1 Å². The second kappa shape index (κ2) is 8.06. The molecule has 0 fully saturated rings. The zero-order chi connectivity index (χ0) is 13.4. The molecule has 0 aromatic heterocycles. The molecule has 0 saturated heterocycles. The first-order valence-electron chi connectivity index (χ1n) is 5.90. The Labute approximate surface area is 103 Å². The zero-order valence-corrected chi connectivity index (χ0v) is 11.4. The number of ether oxygens (including phenoxy) is 2. The SMILES string of the molecule is CCOC(=O)CC(C)N(CC(=O)OC)C(C)C. The summed E-state index contributed by atoms with van der Waals surface area (Å²) in [6.07, 6.45) is 0.281. The fraction of sp³-hybridized carbons (Fsp3) is 0.833. The van der Waals surface area contributed by atoms with E-state index < -0.39 is 0 Å². The number of carbonyl (C=O) groups is 2. The van der Waals surface area contributed by atoms with Crippen molar-refractivity contribution in [2.45, 2.75) is 46.2 Å². The van der Waals surface area contributed by atoms with Crippen LogP contribution < -0.4 is 0 Å². The van der Waals surface area contributed by atoms with Crippen molar-refractivity contribution in [1.82, 2.24) is 4.90 Å². The molecule has 0 saturated carbocycles. The first kappa shape index (κ1) is 15.9. The third-order valence-electron chi connectivity index (χ3n) is 2.54. The van der Waals surface area contributed by atoms with E-state index in [-0.39, 0.29) is 37.0 Å². The molecule has 0 aromatic rings. The molecule has 1 atom stereocenters. The molecule has 0 aliphatic carbocycles. The molecule has 17 heavy (non-hydrogen) atoms. The van der Waals surface area contributed by atoms with Crippen LogP contribution in [0.15, 0.2) is 0 Å². The summed E-state index contributed by atoms with van der Waals surface area (Å²) in [5, 5.41) is 0. The Morgan fingerprint density at radius 2 is 1.76 bits per heavy atom. The molecule has 100 valence electrons. The van der Waals surface area contributed by atoms with Crippen molar-refractivity contribution in [1.29, 1.82) is 0 Å². The average Bonchev–Trinajstić information content (AvgIpc) is 2.24. The molecule has 0 spiro atoms. The third-order valence-corrected chi connectivity index (χ3v) is 2.54. The predicted molar refractivity (Wildman–Crippen MR) is 64.6 cm³/mol. The Balaban J connectivity index is 4.38. The fourth-order valence-electron chi connectivity index (χ4n) is 1.64. The van der Waals surface area contributed by atoms with E-state index in [0.29, 0.717) is 6.61 Å². The van der Waals surface area contributed by atoms with Crippen LogP contribution in [0.1, 0.15) is 34.1 Å². The van der Waals surface area contributed by atoms with Crippen LogP contribution in [0, 0.1) is 0 Å². The number of nitrogens with zero attached hydrogens (tertiary/aromatic N) is 1. The van der Waals surface area contributed by atoms with Crippen LogP contribution in [0.25, 0.3) is 0 Å². The molecule has 1 unspecified atom stereocenters. The molecule has 0 amide bonds. The molecule has 0 bridgehead atoms. The zero-order valence-electron chi connectivity index (χ0n) is 11.4. The molecule has 0 aromatic carbocycles. The molecular weight excluding hydrogens is 222 g/mol. The minimum absolute atomic E-state index is 0.0480. The van der Waals surface area contributed by atoms with Crippen molar-refractivity contribution in [3.8, 4) is 0 Å².